The zero-order valence-electron chi connectivity index (χ0n) is 24.9. The number of likely N-dealkylation sites (tertiary alicyclic amines) is 1. The lowest BCUT2D eigenvalue weighted by Gasteiger charge is -2.37. The molecule has 3 unspecified atom stereocenters. The molecule has 0 aliphatic carbocycles. The number of aromatic nitrogens is 2. The van der Waals surface area contributed by atoms with Crippen LogP contribution in [0.5, 0.6) is 0 Å². The van der Waals surface area contributed by atoms with Crippen LogP contribution in [0.15, 0.2) is 48.8 Å². The van der Waals surface area contributed by atoms with E-state index in [1.165, 1.54) is 41.1 Å². The highest BCUT2D eigenvalue weighted by molar-refractivity contribution is 5.93. The fourth-order valence-electron chi connectivity index (χ4n) is 5.20. The molecule has 9 nitrogen and oxygen atoms in total. The number of halogens is 2. The van der Waals surface area contributed by atoms with Gasteiger partial charge in [-0.3, -0.25) is 14.4 Å². The lowest BCUT2D eigenvalue weighted by atomic mass is 9.85. The molecule has 3 amide bonds. The second kappa shape index (κ2) is 13.0. The largest absolute Gasteiger partial charge is 0.342 e. The van der Waals surface area contributed by atoms with Crippen molar-refractivity contribution in [2.75, 3.05) is 26.7 Å². The molecular formula is C31H40F2N6O3. The van der Waals surface area contributed by atoms with Crippen molar-refractivity contribution >= 4 is 23.4 Å². The van der Waals surface area contributed by atoms with E-state index in [2.05, 4.69) is 15.6 Å². The number of carbonyl (C=O) groups excluding carboxylic acids is 3. The van der Waals surface area contributed by atoms with E-state index in [4.69, 9.17) is 0 Å². The Labute approximate surface area is 245 Å². The van der Waals surface area contributed by atoms with Crippen molar-refractivity contribution in [3.63, 3.8) is 0 Å². The van der Waals surface area contributed by atoms with Crippen molar-refractivity contribution in [2.45, 2.75) is 65.1 Å². The van der Waals surface area contributed by atoms with E-state index in [1.807, 2.05) is 20.8 Å². The molecule has 226 valence electrons. The number of carbonyl (C=O) groups is 3. The minimum absolute atomic E-state index is 0.163. The minimum Gasteiger partial charge on any atom is -0.342 e. The molecule has 11 heteroatoms. The third-order valence-corrected chi connectivity index (χ3v) is 7.82. The normalized spacial score (nSPS) is 16.8. The number of fused-ring (bicyclic) bond motifs is 1. The first kappa shape index (κ1) is 31.1. The molecule has 0 bridgehead atoms. The van der Waals surface area contributed by atoms with Gasteiger partial charge >= 0.3 is 0 Å². The fourth-order valence-corrected chi connectivity index (χ4v) is 5.20. The summed E-state index contributed by atoms with van der Waals surface area (Å²) in [6.07, 6.45) is 4.69. The van der Waals surface area contributed by atoms with Crippen LogP contribution in [0.1, 0.15) is 56.6 Å². The summed E-state index contributed by atoms with van der Waals surface area (Å²) in [4.78, 5) is 48.3. The summed E-state index contributed by atoms with van der Waals surface area (Å²) >= 11 is 0. The Balaban J connectivity index is 1.58. The molecule has 4 rings (SSSR count). The molecule has 1 aliphatic rings. The molecule has 2 N–H and O–H groups in total. The van der Waals surface area contributed by atoms with E-state index in [0.29, 0.717) is 31.6 Å². The second-order valence-corrected chi connectivity index (χ2v) is 12.0. The van der Waals surface area contributed by atoms with Crippen LogP contribution in [0.2, 0.25) is 0 Å². The number of amides is 3. The van der Waals surface area contributed by atoms with E-state index in [9.17, 15) is 23.2 Å². The quantitative estimate of drug-likeness (QED) is 0.382. The van der Waals surface area contributed by atoms with Crippen LogP contribution < -0.4 is 10.6 Å². The van der Waals surface area contributed by atoms with E-state index in [0.717, 1.165) is 12.0 Å². The molecule has 1 aliphatic heterocycles. The second-order valence-electron chi connectivity index (χ2n) is 12.0. The lowest BCUT2D eigenvalue weighted by molar-refractivity contribution is -0.140. The van der Waals surface area contributed by atoms with Gasteiger partial charge in [-0.2, -0.15) is 0 Å². The first-order valence-electron chi connectivity index (χ1n) is 14.3. The summed E-state index contributed by atoms with van der Waals surface area (Å²) in [6.45, 7) is 8.55. The fraction of sp³-hybridized carbons (Fsp3) is 0.484. The van der Waals surface area contributed by atoms with Gasteiger partial charge in [0.05, 0.1) is 6.04 Å². The molecule has 3 aromatic rings. The van der Waals surface area contributed by atoms with Gasteiger partial charge in [0.2, 0.25) is 11.8 Å². The molecule has 0 saturated carbocycles. The maximum atomic E-state index is 13.9. The third-order valence-electron chi connectivity index (χ3n) is 7.82. The molecule has 2 aromatic heterocycles. The van der Waals surface area contributed by atoms with Gasteiger partial charge in [-0.25, -0.2) is 13.8 Å². The molecule has 1 aromatic carbocycles. The van der Waals surface area contributed by atoms with Gasteiger partial charge in [-0.15, -0.1) is 0 Å². The predicted molar refractivity (Wildman–Crippen MR) is 156 cm³/mol. The average molecular weight is 583 g/mol. The van der Waals surface area contributed by atoms with Gasteiger partial charge in [-0.1, -0.05) is 32.9 Å². The minimum atomic E-state index is -0.752. The maximum absolute atomic E-state index is 13.9. The van der Waals surface area contributed by atoms with Gasteiger partial charge in [0.25, 0.3) is 5.91 Å². The van der Waals surface area contributed by atoms with Crippen LogP contribution in [-0.2, 0) is 16.0 Å². The van der Waals surface area contributed by atoms with Gasteiger partial charge in [-0.05, 0) is 68.5 Å². The average Bonchev–Trinajstić information content (AvgIpc) is 3.59. The molecule has 0 spiro atoms. The highest BCUT2D eigenvalue weighted by atomic mass is 19.1. The molecule has 0 radical (unpaired) electrons. The van der Waals surface area contributed by atoms with E-state index in [1.54, 1.807) is 35.9 Å². The first-order chi connectivity index (χ1) is 19.9. The Morgan fingerprint density at radius 2 is 1.76 bits per heavy atom. The molecule has 1 fully saturated rings. The Morgan fingerprint density at radius 3 is 2.43 bits per heavy atom. The highest BCUT2D eigenvalue weighted by Crippen LogP contribution is 2.27. The van der Waals surface area contributed by atoms with E-state index < -0.39 is 23.3 Å². The van der Waals surface area contributed by atoms with E-state index in [-0.39, 0.29) is 41.8 Å². The van der Waals surface area contributed by atoms with E-state index >= 15 is 0 Å². The summed E-state index contributed by atoms with van der Waals surface area (Å²) < 4.78 is 28.7. The summed E-state index contributed by atoms with van der Waals surface area (Å²) in [5.41, 5.74) is 0.920. The van der Waals surface area contributed by atoms with Gasteiger partial charge in [0.15, 0.2) is 0 Å². The SMILES string of the molecule is CNC(C)C(=O)NC(C(=O)N1CCCC1CN(CCc1ccc(F)cc1)C(=O)c1cn2cc(F)ccc2n1)C(C)(C)C. The van der Waals surface area contributed by atoms with Crippen molar-refractivity contribution in [2.24, 2.45) is 5.41 Å². The molecule has 3 atom stereocenters. The lowest BCUT2D eigenvalue weighted by Crippen LogP contribution is -2.59. The number of imidazole rings is 1. The maximum Gasteiger partial charge on any atom is 0.274 e. The van der Waals surface area contributed by atoms with Crippen molar-refractivity contribution in [3.05, 3.63) is 71.7 Å². The van der Waals surface area contributed by atoms with Crippen LogP contribution in [0.3, 0.4) is 0 Å². The molecule has 1 saturated heterocycles. The van der Waals surface area contributed by atoms with Gasteiger partial charge in [0.1, 0.15) is 29.0 Å². The van der Waals surface area contributed by atoms with Gasteiger partial charge < -0.3 is 24.8 Å². The number of pyridine rings is 1. The van der Waals surface area contributed by atoms with Crippen molar-refractivity contribution < 1.29 is 23.2 Å². The number of benzene rings is 1. The summed E-state index contributed by atoms with van der Waals surface area (Å²) in [6, 6.07) is 7.42. The van der Waals surface area contributed by atoms with Crippen LogP contribution in [-0.4, -0.2) is 81.7 Å². The first-order valence-corrected chi connectivity index (χ1v) is 14.3. The van der Waals surface area contributed by atoms with Crippen molar-refractivity contribution in [1.29, 1.82) is 0 Å². The number of nitrogens with one attached hydrogen (secondary N) is 2. The number of nitrogens with zero attached hydrogens (tertiary/aromatic N) is 4. The number of hydrogen-bond acceptors (Lipinski definition) is 5. The van der Waals surface area contributed by atoms with Crippen molar-refractivity contribution in [3.8, 4) is 0 Å². The molecule has 3 heterocycles. The van der Waals surface area contributed by atoms with Crippen LogP contribution in [0.4, 0.5) is 8.78 Å². The van der Waals surface area contributed by atoms with Crippen LogP contribution in [0.25, 0.3) is 5.65 Å². The van der Waals surface area contributed by atoms with Crippen LogP contribution in [0, 0.1) is 17.0 Å². The third kappa shape index (κ3) is 7.31. The summed E-state index contributed by atoms with van der Waals surface area (Å²) in [5, 5.41) is 5.84. The Hall–Kier alpha value is -3.86. The molecule has 42 heavy (non-hydrogen) atoms. The monoisotopic (exact) mass is 582 g/mol. The number of hydrogen-bond donors (Lipinski definition) is 2. The summed E-state index contributed by atoms with van der Waals surface area (Å²) in [7, 11) is 1.69. The zero-order valence-corrected chi connectivity index (χ0v) is 24.9. The van der Waals surface area contributed by atoms with Crippen LogP contribution >= 0.6 is 0 Å². The van der Waals surface area contributed by atoms with Gasteiger partial charge in [0, 0.05) is 38.1 Å². The molecular weight excluding hydrogens is 542 g/mol. The number of rotatable bonds is 10. The zero-order chi connectivity index (χ0) is 30.6. The predicted octanol–water partition coefficient (Wildman–Crippen LogP) is 3.43. The smallest absolute Gasteiger partial charge is 0.274 e. The Morgan fingerprint density at radius 1 is 1.07 bits per heavy atom. The Kier molecular flexibility index (Phi) is 9.60. The standard InChI is InChI=1S/C31H40F2N6O3/c1-20(34-5)28(40)36-27(31(2,3)4)30(42)39-15-6-7-24(39)18-37(16-14-21-8-10-22(32)11-9-21)29(41)25-19-38-17-23(33)12-13-26(38)35-25/h8-13,17,19-20,24,27,34H,6-7,14-16,18H2,1-5H3,(H,36,40). The number of likely N-dealkylation sites (N-methyl/N-ethyl adjacent to an activating group) is 1. The Bertz CT molecular complexity index is 1420. The summed E-state index contributed by atoms with van der Waals surface area (Å²) in [5.74, 6) is -1.58. The topological polar surface area (TPSA) is 99.0 Å². The highest BCUT2D eigenvalue weighted by Gasteiger charge is 2.41. The van der Waals surface area contributed by atoms with Crippen molar-refractivity contribution in [1.82, 2.24) is 29.8 Å².